The van der Waals surface area contributed by atoms with Crippen LogP contribution in [0.15, 0.2) is 24.3 Å². The molecule has 1 heterocycles. The van der Waals surface area contributed by atoms with Gasteiger partial charge in [0.25, 0.3) is 0 Å². The van der Waals surface area contributed by atoms with Crippen LogP contribution in [0, 0.1) is 0 Å². The van der Waals surface area contributed by atoms with Crippen LogP contribution in [0.25, 0.3) is 0 Å². The molecule has 0 aliphatic carbocycles. The van der Waals surface area contributed by atoms with Gasteiger partial charge in [0.15, 0.2) is 0 Å². The Hall–Kier alpha value is -1.55. The van der Waals surface area contributed by atoms with Crippen LogP contribution in [0.3, 0.4) is 0 Å². The van der Waals surface area contributed by atoms with Crippen LogP contribution >= 0.6 is 11.6 Å². The van der Waals surface area contributed by atoms with Crippen molar-refractivity contribution >= 4 is 23.4 Å². The first-order chi connectivity index (χ1) is 8.65. The molecule has 0 aromatic heterocycles. The van der Waals surface area contributed by atoms with E-state index in [0.717, 1.165) is 12.0 Å². The third kappa shape index (κ3) is 3.47. The Balaban J connectivity index is 1.75. The zero-order chi connectivity index (χ0) is 13.0. The topological polar surface area (TPSA) is 58.2 Å². The minimum atomic E-state index is -0.364. The molecule has 4 nitrogen and oxygen atoms in total. The van der Waals surface area contributed by atoms with E-state index in [-0.39, 0.29) is 17.9 Å². The lowest BCUT2D eigenvalue weighted by Gasteiger charge is -2.10. The maximum atomic E-state index is 11.7. The first kappa shape index (κ1) is 12.9. The highest BCUT2D eigenvalue weighted by Crippen LogP contribution is 2.11. The fourth-order valence-electron chi connectivity index (χ4n) is 1.96. The first-order valence-corrected chi connectivity index (χ1v) is 6.34. The van der Waals surface area contributed by atoms with Crippen LogP contribution in [0.2, 0.25) is 5.02 Å². The standard InChI is InChI=1S/C13H15ClN2O2/c14-10-3-1-2-9(8-10)6-7-15-13(18)11-4-5-12(17)16-11/h1-3,8,11H,4-7H2,(H,15,18)(H,16,17). The second-order valence-corrected chi connectivity index (χ2v) is 4.77. The van der Waals surface area contributed by atoms with E-state index >= 15 is 0 Å². The zero-order valence-corrected chi connectivity index (χ0v) is 10.7. The molecule has 5 heteroatoms. The second-order valence-electron chi connectivity index (χ2n) is 4.33. The van der Waals surface area contributed by atoms with Gasteiger partial charge in [0, 0.05) is 18.0 Å². The van der Waals surface area contributed by atoms with Crippen molar-refractivity contribution in [2.75, 3.05) is 6.54 Å². The lowest BCUT2D eigenvalue weighted by atomic mass is 10.1. The van der Waals surface area contributed by atoms with E-state index < -0.39 is 0 Å². The van der Waals surface area contributed by atoms with Crippen molar-refractivity contribution in [3.63, 3.8) is 0 Å². The smallest absolute Gasteiger partial charge is 0.242 e. The highest BCUT2D eigenvalue weighted by Gasteiger charge is 2.26. The van der Waals surface area contributed by atoms with Crippen LogP contribution < -0.4 is 10.6 Å². The van der Waals surface area contributed by atoms with E-state index in [9.17, 15) is 9.59 Å². The van der Waals surface area contributed by atoms with E-state index in [1.54, 1.807) is 0 Å². The molecule has 2 N–H and O–H groups in total. The summed E-state index contributed by atoms with van der Waals surface area (Å²) in [5.74, 6) is -0.159. The van der Waals surface area contributed by atoms with Crippen molar-refractivity contribution in [2.24, 2.45) is 0 Å². The molecule has 0 spiro atoms. The number of carbonyl (C=O) groups is 2. The maximum Gasteiger partial charge on any atom is 0.242 e. The monoisotopic (exact) mass is 266 g/mol. The summed E-state index contributed by atoms with van der Waals surface area (Å²) in [4.78, 5) is 22.7. The summed E-state index contributed by atoms with van der Waals surface area (Å²) >= 11 is 5.87. The van der Waals surface area contributed by atoms with Gasteiger partial charge in [-0.15, -0.1) is 0 Å². The Morgan fingerprint density at radius 2 is 2.33 bits per heavy atom. The van der Waals surface area contributed by atoms with Crippen LogP contribution in [-0.2, 0) is 16.0 Å². The number of benzene rings is 1. The average molecular weight is 267 g/mol. The van der Waals surface area contributed by atoms with Gasteiger partial charge in [0.05, 0.1) is 0 Å². The highest BCUT2D eigenvalue weighted by molar-refractivity contribution is 6.30. The minimum Gasteiger partial charge on any atom is -0.354 e. The van der Waals surface area contributed by atoms with E-state index in [1.165, 1.54) is 0 Å². The largest absolute Gasteiger partial charge is 0.354 e. The molecule has 0 radical (unpaired) electrons. The molecule has 2 amide bonds. The number of hydrogen-bond acceptors (Lipinski definition) is 2. The number of nitrogens with one attached hydrogen (secondary N) is 2. The highest BCUT2D eigenvalue weighted by atomic mass is 35.5. The molecule has 1 fully saturated rings. The van der Waals surface area contributed by atoms with Gasteiger partial charge >= 0.3 is 0 Å². The molecule has 1 aliphatic rings. The van der Waals surface area contributed by atoms with Crippen molar-refractivity contribution in [3.05, 3.63) is 34.9 Å². The van der Waals surface area contributed by atoms with Crippen molar-refractivity contribution in [1.82, 2.24) is 10.6 Å². The molecule has 18 heavy (non-hydrogen) atoms. The molecule has 2 rings (SSSR count). The number of carbonyl (C=O) groups excluding carboxylic acids is 2. The quantitative estimate of drug-likeness (QED) is 0.863. The second kappa shape index (κ2) is 5.87. The van der Waals surface area contributed by atoms with Crippen LogP contribution in [0.1, 0.15) is 18.4 Å². The van der Waals surface area contributed by atoms with Crippen molar-refractivity contribution in [1.29, 1.82) is 0 Å². The molecule has 1 saturated heterocycles. The predicted molar refractivity (Wildman–Crippen MR) is 69.3 cm³/mol. The fourth-order valence-corrected chi connectivity index (χ4v) is 2.17. The molecule has 1 aromatic carbocycles. The molecule has 1 unspecified atom stereocenters. The summed E-state index contributed by atoms with van der Waals surface area (Å²) in [6, 6.07) is 7.19. The summed E-state index contributed by atoms with van der Waals surface area (Å²) in [6.45, 7) is 0.547. The Kier molecular flexibility index (Phi) is 4.20. The third-order valence-electron chi connectivity index (χ3n) is 2.91. The normalized spacial score (nSPS) is 18.5. The summed E-state index contributed by atoms with van der Waals surface area (Å²) in [6.07, 6.45) is 1.75. The fraction of sp³-hybridized carbons (Fsp3) is 0.385. The van der Waals surface area contributed by atoms with Crippen molar-refractivity contribution < 1.29 is 9.59 Å². The third-order valence-corrected chi connectivity index (χ3v) is 3.15. The Bertz CT molecular complexity index is 462. The summed E-state index contributed by atoms with van der Waals surface area (Å²) in [7, 11) is 0. The van der Waals surface area contributed by atoms with Gasteiger partial charge in [0.1, 0.15) is 6.04 Å². The predicted octanol–water partition coefficient (Wildman–Crippen LogP) is 1.28. The van der Waals surface area contributed by atoms with E-state index in [0.29, 0.717) is 24.4 Å². The van der Waals surface area contributed by atoms with Gasteiger partial charge in [-0.2, -0.15) is 0 Å². The van der Waals surface area contributed by atoms with Gasteiger partial charge in [-0.25, -0.2) is 0 Å². The summed E-state index contributed by atoms with van der Waals surface area (Å²) < 4.78 is 0. The Morgan fingerprint density at radius 3 is 3.00 bits per heavy atom. The van der Waals surface area contributed by atoms with Crippen molar-refractivity contribution in [3.8, 4) is 0 Å². The van der Waals surface area contributed by atoms with Gasteiger partial charge in [-0.05, 0) is 30.5 Å². The van der Waals surface area contributed by atoms with Gasteiger partial charge < -0.3 is 10.6 Å². The molecule has 96 valence electrons. The van der Waals surface area contributed by atoms with E-state index in [1.807, 2.05) is 24.3 Å². The molecule has 1 atom stereocenters. The number of hydrogen-bond donors (Lipinski definition) is 2. The average Bonchev–Trinajstić information content (AvgIpc) is 2.76. The number of rotatable bonds is 4. The molecular formula is C13H15ClN2O2. The maximum absolute atomic E-state index is 11.7. The molecule has 0 saturated carbocycles. The Morgan fingerprint density at radius 1 is 1.50 bits per heavy atom. The van der Waals surface area contributed by atoms with Crippen LogP contribution in [-0.4, -0.2) is 24.4 Å². The SMILES string of the molecule is O=C1CCC(C(=O)NCCc2cccc(Cl)c2)N1. The zero-order valence-electron chi connectivity index (χ0n) is 9.91. The van der Waals surface area contributed by atoms with Gasteiger partial charge in [-0.1, -0.05) is 23.7 Å². The van der Waals surface area contributed by atoms with Gasteiger partial charge in [-0.3, -0.25) is 9.59 Å². The molecular weight excluding hydrogens is 252 g/mol. The van der Waals surface area contributed by atoms with Crippen molar-refractivity contribution in [2.45, 2.75) is 25.3 Å². The minimum absolute atomic E-state index is 0.0509. The lowest BCUT2D eigenvalue weighted by molar-refractivity contribution is -0.125. The summed E-state index contributed by atoms with van der Waals surface area (Å²) in [5, 5.41) is 6.15. The molecule has 1 aliphatic heterocycles. The van der Waals surface area contributed by atoms with Gasteiger partial charge in [0.2, 0.25) is 11.8 Å². The van der Waals surface area contributed by atoms with E-state index in [2.05, 4.69) is 10.6 Å². The molecule has 1 aromatic rings. The molecule has 0 bridgehead atoms. The number of amides is 2. The van der Waals surface area contributed by atoms with E-state index in [4.69, 9.17) is 11.6 Å². The Labute approximate surface area is 111 Å². The first-order valence-electron chi connectivity index (χ1n) is 5.96. The summed E-state index contributed by atoms with van der Waals surface area (Å²) in [5.41, 5.74) is 1.08. The lowest BCUT2D eigenvalue weighted by Crippen LogP contribution is -2.42. The number of halogens is 1. The van der Waals surface area contributed by atoms with Crippen LogP contribution in [0.5, 0.6) is 0 Å². The van der Waals surface area contributed by atoms with Crippen LogP contribution in [0.4, 0.5) is 0 Å².